The first kappa shape index (κ1) is 30.1. The SMILES string of the molecule is c1ccc(-c2ccc(-n3c4ccc5ccccc5c4c4c5oc6ccccc6c5cc(-c5ccc(-n6c7ccccc7c7ccccc76)cc5)c43)cc2)cc1. The van der Waals surface area contributed by atoms with Gasteiger partial charge in [-0.3, -0.25) is 0 Å². The second-order valence-electron chi connectivity index (χ2n) is 14.5. The van der Waals surface area contributed by atoms with Crippen LogP contribution in [0.5, 0.6) is 0 Å². The molecule has 0 radical (unpaired) electrons. The van der Waals surface area contributed by atoms with E-state index in [-0.39, 0.29) is 0 Å². The van der Waals surface area contributed by atoms with Gasteiger partial charge in [0.15, 0.2) is 0 Å². The number of para-hydroxylation sites is 3. The standard InChI is InChI=1S/C52H32N2O/c1-2-12-33(13-3-1)34-22-27-38(28-23-34)54-47-31-26-35-14-4-5-15-39(35)49(47)50-51(54)43(32-44-42-18-8-11-21-48(42)55-52(44)50)36-24-29-37(30-25-36)53-45-19-9-6-16-40(45)41-17-7-10-20-46(41)53/h1-32H. The Morgan fingerprint density at radius 3 is 1.64 bits per heavy atom. The van der Waals surface area contributed by atoms with Crippen molar-refractivity contribution in [2.45, 2.75) is 0 Å². The van der Waals surface area contributed by atoms with Crippen molar-refractivity contribution in [1.29, 1.82) is 0 Å². The predicted octanol–water partition coefficient (Wildman–Crippen LogP) is 14.3. The fourth-order valence-corrected chi connectivity index (χ4v) is 9.06. The highest BCUT2D eigenvalue weighted by atomic mass is 16.3. The van der Waals surface area contributed by atoms with Gasteiger partial charge in [0, 0.05) is 43.9 Å². The van der Waals surface area contributed by atoms with Crippen LogP contribution in [-0.4, -0.2) is 9.13 Å². The summed E-state index contributed by atoms with van der Waals surface area (Å²) in [4.78, 5) is 0. The molecule has 0 unspecified atom stereocenters. The predicted molar refractivity (Wildman–Crippen MR) is 231 cm³/mol. The van der Waals surface area contributed by atoms with E-state index >= 15 is 0 Å². The van der Waals surface area contributed by atoms with E-state index in [1.165, 1.54) is 49.1 Å². The van der Waals surface area contributed by atoms with Crippen molar-refractivity contribution in [2.24, 2.45) is 0 Å². The molecule has 0 atom stereocenters. The summed E-state index contributed by atoms with van der Waals surface area (Å²) >= 11 is 0. The summed E-state index contributed by atoms with van der Waals surface area (Å²) in [5.41, 5.74) is 13.5. The highest BCUT2D eigenvalue weighted by molar-refractivity contribution is 6.32. The Morgan fingerprint density at radius 1 is 0.345 bits per heavy atom. The number of nitrogens with zero attached hydrogens (tertiary/aromatic N) is 2. The topological polar surface area (TPSA) is 23.0 Å². The van der Waals surface area contributed by atoms with Gasteiger partial charge in [-0.25, -0.2) is 0 Å². The maximum atomic E-state index is 6.87. The average molecular weight is 701 g/mol. The summed E-state index contributed by atoms with van der Waals surface area (Å²) in [6.07, 6.45) is 0. The van der Waals surface area contributed by atoms with E-state index in [2.05, 4.69) is 203 Å². The number of aromatic nitrogens is 2. The van der Waals surface area contributed by atoms with Gasteiger partial charge in [-0.2, -0.15) is 0 Å². The highest BCUT2D eigenvalue weighted by Gasteiger charge is 2.24. The van der Waals surface area contributed by atoms with E-state index in [9.17, 15) is 0 Å². The molecule has 0 N–H and O–H groups in total. The summed E-state index contributed by atoms with van der Waals surface area (Å²) in [6, 6.07) is 70.2. The van der Waals surface area contributed by atoms with Crippen LogP contribution < -0.4 is 0 Å². The molecule has 3 aromatic heterocycles. The Labute approximate surface area is 316 Å². The molecule has 0 fully saturated rings. The van der Waals surface area contributed by atoms with Gasteiger partial charge >= 0.3 is 0 Å². The van der Waals surface area contributed by atoms with Crippen molar-refractivity contribution in [3.8, 4) is 33.6 Å². The lowest BCUT2D eigenvalue weighted by Gasteiger charge is -2.14. The molecule has 0 aliphatic carbocycles. The van der Waals surface area contributed by atoms with E-state index in [1.807, 2.05) is 0 Å². The number of hydrogen-bond acceptors (Lipinski definition) is 1. The van der Waals surface area contributed by atoms with E-state index in [0.717, 1.165) is 60.9 Å². The highest BCUT2D eigenvalue weighted by Crippen LogP contribution is 2.47. The van der Waals surface area contributed by atoms with Gasteiger partial charge in [0.05, 0.1) is 27.5 Å². The number of fused-ring (bicyclic) bond motifs is 12. The molecule has 0 aliphatic rings. The average Bonchev–Trinajstić information content (AvgIpc) is 3.92. The lowest BCUT2D eigenvalue weighted by atomic mass is 9.96. The molecule has 3 heterocycles. The maximum Gasteiger partial charge on any atom is 0.145 e. The van der Waals surface area contributed by atoms with Crippen molar-refractivity contribution >= 4 is 76.3 Å². The van der Waals surface area contributed by atoms with Gasteiger partial charge in [0.25, 0.3) is 0 Å². The van der Waals surface area contributed by atoms with Crippen LogP contribution in [0.1, 0.15) is 0 Å². The fourth-order valence-electron chi connectivity index (χ4n) is 9.06. The molecule has 0 spiro atoms. The van der Waals surface area contributed by atoms with Gasteiger partial charge in [0.1, 0.15) is 11.2 Å². The van der Waals surface area contributed by atoms with E-state index in [0.29, 0.717) is 0 Å². The molecule has 3 nitrogen and oxygen atoms in total. The van der Waals surface area contributed by atoms with Gasteiger partial charge in [-0.15, -0.1) is 0 Å². The minimum Gasteiger partial charge on any atom is -0.455 e. The molecule has 9 aromatic carbocycles. The monoisotopic (exact) mass is 700 g/mol. The van der Waals surface area contributed by atoms with Gasteiger partial charge in [-0.05, 0) is 82.1 Å². The van der Waals surface area contributed by atoms with Crippen LogP contribution in [0.4, 0.5) is 0 Å². The summed E-state index contributed by atoms with van der Waals surface area (Å²) in [5, 5.41) is 9.52. The summed E-state index contributed by atoms with van der Waals surface area (Å²) in [7, 11) is 0. The zero-order valence-electron chi connectivity index (χ0n) is 29.8. The minimum absolute atomic E-state index is 0.894. The molecule has 0 saturated heterocycles. The van der Waals surface area contributed by atoms with E-state index in [4.69, 9.17) is 4.42 Å². The van der Waals surface area contributed by atoms with Crippen LogP contribution in [0.2, 0.25) is 0 Å². The summed E-state index contributed by atoms with van der Waals surface area (Å²) in [6.45, 7) is 0. The Morgan fingerprint density at radius 2 is 0.909 bits per heavy atom. The third-order valence-corrected chi connectivity index (χ3v) is 11.5. The van der Waals surface area contributed by atoms with Crippen LogP contribution in [0, 0.1) is 0 Å². The maximum absolute atomic E-state index is 6.87. The van der Waals surface area contributed by atoms with Gasteiger partial charge in [0.2, 0.25) is 0 Å². The molecule has 0 saturated carbocycles. The molecule has 256 valence electrons. The third kappa shape index (κ3) is 4.38. The van der Waals surface area contributed by atoms with Crippen molar-refractivity contribution < 1.29 is 4.42 Å². The lowest BCUT2D eigenvalue weighted by Crippen LogP contribution is -1.97. The first-order chi connectivity index (χ1) is 27.3. The molecule has 3 heteroatoms. The quantitative estimate of drug-likeness (QED) is 0.179. The zero-order valence-corrected chi connectivity index (χ0v) is 29.8. The lowest BCUT2D eigenvalue weighted by molar-refractivity contribution is 0.673. The summed E-state index contributed by atoms with van der Waals surface area (Å²) < 4.78 is 11.7. The van der Waals surface area contributed by atoms with Crippen LogP contribution in [0.15, 0.2) is 199 Å². The van der Waals surface area contributed by atoms with Crippen molar-refractivity contribution in [3.05, 3.63) is 194 Å². The van der Waals surface area contributed by atoms with Gasteiger partial charge in [-0.1, -0.05) is 140 Å². The number of rotatable bonds is 4. The third-order valence-electron chi connectivity index (χ3n) is 11.5. The minimum atomic E-state index is 0.894. The molecule has 0 bridgehead atoms. The van der Waals surface area contributed by atoms with E-state index in [1.54, 1.807) is 0 Å². The first-order valence-corrected chi connectivity index (χ1v) is 18.9. The smallest absolute Gasteiger partial charge is 0.145 e. The van der Waals surface area contributed by atoms with E-state index < -0.39 is 0 Å². The largest absolute Gasteiger partial charge is 0.455 e. The fraction of sp³-hybridized carbons (Fsp3) is 0. The number of benzene rings is 9. The summed E-state index contributed by atoms with van der Waals surface area (Å²) in [5.74, 6) is 0. The molecular weight excluding hydrogens is 669 g/mol. The molecule has 12 aromatic rings. The van der Waals surface area contributed by atoms with Crippen LogP contribution in [0.25, 0.3) is 110 Å². The van der Waals surface area contributed by atoms with Crippen molar-refractivity contribution in [2.75, 3.05) is 0 Å². The van der Waals surface area contributed by atoms with Gasteiger partial charge < -0.3 is 13.6 Å². The Kier molecular flexibility index (Phi) is 6.34. The first-order valence-electron chi connectivity index (χ1n) is 18.9. The molecular formula is C52H32N2O. The molecule has 0 aliphatic heterocycles. The Hall–Kier alpha value is -7.36. The molecule has 55 heavy (non-hydrogen) atoms. The second kappa shape index (κ2) is 11.6. The van der Waals surface area contributed by atoms with Crippen molar-refractivity contribution in [3.63, 3.8) is 0 Å². The van der Waals surface area contributed by atoms with Crippen LogP contribution in [0.3, 0.4) is 0 Å². The Bertz CT molecular complexity index is 3400. The molecule has 0 amide bonds. The second-order valence-corrected chi connectivity index (χ2v) is 14.5. The Balaban J connectivity index is 1.18. The number of hydrogen-bond donors (Lipinski definition) is 0. The zero-order chi connectivity index (χ0) is 36.0. The normalized spacial score (nSPS) is 12.0. The van der Waals surface area contributed by atoms with Crippen molar-refractivity contribution in [1.82, 2.24) is 9.13 Å². The van der Waals surface area contributed by atoms with Crippen LogP contribution >= 0.6 is 0 Å². The van der Waals surface area contributed by atoms with Crippen LogP contribution in [-0.2, 0) is 0 Å². The number of furan rings is 1. The molecule has 12 rings (SSSR count).